The summed E-state index contributed by atoms with van der Waals surface area (Å²) in [7, 11) is -3.73. The first-order valence-corrected chi connectivity index (χ1v) is 10.4. The molecule has 0 atom stereocenters. The van der Waals surface area contributed by atoms with Gasteiger partial charge in [-0.1, -0.05) is 37.1 Å². The number of carbonyl (C=O) groups is 2. The van der Waals surface area contributed by atoms with E-state index in [1.54, 1.807) is 24.3 Å². The van der Waals surface area contributed by atoms with Crippen LogP contribution in [0.1, 0.15) is 32.1 Å². The standard InChI is InChI=1S/C19H22N2O5S/c22-17(20-12-4-2-1-3-11-18(23)24)13-21-15-9-5-7-14-8-6-10-16(19(14)15)27(21,25)26/h5-10H,1-4,11-13H2,(H,20,22)(H,23,24). The summed E-state index contributed by atoms with van der Waals surface area (Å²) in [4.78, 5) is 22.9. The van der Waals surface area contributed by atoms with Crippen molar-refractivity contribution in [3.63, 3.8) is 0 Å². The van der Waals surface area contributed by atoms with Crippen molar-refractivity contribution in [2.24, 2.45) is 0 Å². The maximum atomic E-state index is 12.8. The number of benzene rings is 2. The average Bonchev–Trinajstić information content (AvgIpc) is 2.84. The van der Waals surface area contributed by atoms with Crippen molar-refractivity contribution in [2.45, 2.75) is 37.0 Å². The normalized spacial score (nSPS) is 14.4. The molecule has 7 nitrogen and oxygen atoms in total. The second kappa shape index (κ2) is 7.96. The number of hydrogen-bond acceptors (Lipinski definition) is 4. The van der Waals surface area contributed by atoms with Gasteiger partial charge in [0.2, 0.25) is 5.91 Å². The summed E-state index contributed by atoms with van der Waals surface area (Å²) < 4.78 is 26.8. The molecule has 2 aromatic carbocycles. The molecule has 1 heterocycles. The van der Waals surface area contributed by atoms with Gasteiger partial charge in [-0.15, -0.1) is 0 Å². The first-order chi connectivity index (χ1) is 12.9. The van der Waals surface area contributed by atoms with Crippen molar-refractivity contribution in [3.8, 4) is 0 Å². The molecular formula is C19H22N2O5S. The number of carboxylic acid groups (broad SMARTS) is 1. The molecule has 0 aromatic heterocycles. The maximum absolute atomic E-state index is 12.8. The number of nitrogens with one attached hydrogen (secondary N) is 1. The molecule has 1 aliphatic heterocycles. The van der Waals surface area contributed by atoms with E-state index in [2.05, 4.69) is 5.32 Å². The zero-order valence-electron chi connectivity index (χ0n) is 14.8. The van der Waals surface area contributed by atoms with Gasteiger partial charge >= 0.3 is 5.97 Å². The van der Waals surface area contributed by atoms with Crippen molar-refractivity contribution >= 4 is 38.4 Å². The number of carboxylic acids is 1. The van der Waals surface area contributed by atoms with Crippen LogP contribution in [0.5, 0.6) is 0 Å². The fourth-order valence-corrected chi connectivity index (χ4v) is 4.96. The first-order valence-electron chi connectivity index (χ1n) is 8.94. The number of aliphatic carboxylic acids is 1. The monoisotopic (exact) mass is 390 g/mol. The number of rotatable bonds is 9. The summed E-state index contributed by atoms with van der Waals surface area (Å²) in [6.07, 6.45) is 3.12. The van der Waals surface area contributed by atoms with Crippen molar-refractivity contribution in [2.75, 3.05) is 17.4 Å². The number of sulfonamides is 1. The minimum atomic E-state index is -3.73. The minimum Gasteiger partial charge on any atom is -0.481 e. The Hall–Kier alpha value is -2.61. The van der Waals surface area contributed by atoms with Gasteiger partial charge in [-0.05, 0) is 30.4 Å². The number of anilines is 1. The lowest BCUT2D eigenvalue weighted by Crippen LogP contribution is -2.39. The van der Waals surface area contributed by atoms with Crippen molar-refractivity contribution < 1.29 is 23.1 Å². The van der Waals surface area contributed by atoms with Crippen LogP contribution in [0.2, 0.25) is 0 Å². The molecule has 1 amide bonds. The van der Waals surface area contributed by atoms with Gasteiger partial charge in [0.25, 0.3) is 10.0 Å². The van der Waals surface area contributed by atoms with Gasteiger partial charge in [-0.3, -0.25) is 13.9 Å². The smallest absolute Gasteiger partial charge is 0.303 e. The molecule has 2 N–H and O–H groups in total. The number of nitrogens with zero attached hydrogens (tertiary/aromatic N) is 1. The number of unbranched alkanes of at least 4 members (excludes halogenated alkanes) is 3. The van der Waals surface area contributed by atoms with Crippen LogP contribution in [0.3, 0.4) is 0 Å². The van der Waals surface area contributed by atoms with Crippen molar-refractivity contribution in [1.82, 2.24) is 5.32 Å². The molecule has 3 rings (SSSR count). The summed E-state index contributed by atoms with van der Waals surface area (Å²) in [6.45, 7) is 0.187. The Kier molecular flexibility index (Phi) is 5.65. The number of hydrogen-bond donors (Lipinski definition) is 2. The van der Waals surface area contributed by atoms with E-state index in [9.17, 15) is 18.0 Å². The van der Waals surface area contributed by atoms with Crippen LogP contribution in [-0.2, 0) is 19.6 Å². The van der Waals surface area contributed by atoms with E-state index in [0.29, 0.717) is 24.0 Å². The van der Waals surface area contributed by atoms with Gasteiger partial charge in [0.1, 0.15) is 6.54 Å². The van der Waals surface area contributed by atoms with Crippen LogP contribution in [0.25, 0.3) is 10.8 Å². The molecule has 0 unspecified atom stereocenters. The zero-order valence-corrected chi connectivity index (χ0v) is 15.7. The van der Waals surface area contributed by atoms with Crippen LogP contribution in [0.4, 0.5) is 5.69 Å². The Bertz CT molecular complexity index is 966. The van der Waals surface area contributed by atoms with Crippen LogP contribution in [0, 0.1) is 0 Å². The Labute approximate surface area is 158 Å². The molecule has 0 spiro atoms. The van der Waals surface area contributed by atoms with Crippen LogP contribution in [0.15, 0.2) is 41.3 Å². The summed E-state index contributed by atoms with van der Waals surface area (Å²) in [6, 6.07) is 10.5. The molecule has 0 bridgehead atoms. The third-order valence-electron chi connectivity index (χ3n) is 4.61. The molecular weight excluding hydrogens is 368 g/mol. The van der Waals surface area contributed by atoms with Gasteiger partial charge < -0.3 is 10.4 Å². The predicted molar refractivity (Wildman–Crippen MR) is 102 cm³/mol. The van der Waals surface area contributed by atoms with E-state index in [-0.39, 0.29) is 23.8 Å². The van der Waals surface area contributed by atoms with Crippen molar-refractivity contribution in [1.29, 1.82) is 0 Å². The average molecular weight is 390 g/mol. The molecule has 0 aliphatic carbocycles. The molecule has 1 aliphatic rings. The van der Waals surface area contributed by atoms with Gasteiger partial charge in [-0.2, -0.15) is 0 Å². The van der Waals surface area contributed by atoms with E-state index in [1.807, 2.05) is 12.1 Å². The summed E-state index contributed by atoms with van der Waals surface area (Å²) in [5.41, 5.74) is 0.534. The highest BCUT2D eigenvalue weighted by Gasteiger charge is 2.36. The summed E-state index contributed by atoms with van der Waals surface area (Å²) in [5, 5.41) is 12.8. The molecule has 0 saturated heterocycles. The largest absolute Gasteiger partial charge is 0.481 e. The zero-order chi connectivity index (χ0) is 19.4. The lowest BCUT2D eigenvalue weighted by atomic mass is 10.1. The highest BCUT2D eigenvalue weighted by Crippen LogP contribution is 2.41. The molecule has 2 aromatic rings. The quantitative estimate of drug-likeness (QED) is 0.640. The van der Waals surface area contributed by atoms with Gasteiger partial charge in [0.05, 0.1) is 10.6 Å². The fraction of sp³-hybridized carbons (Fsp3) is 0.368. The molecule has 8 heteroatoms. The highest BCUT2D eigenvalue weighted by molar-refractivity contribution is 7.93. The minimum absolute atomic E-state index is 0.158. The second-order valence-corrected chi connectivity index (χ2v) is 8.38. The third kappa shape index (κ3) is 4.05. The van der Waals surface area contributed by atoms with Crippen LogP contribution in [-0.4, -0.2) is 38.5 Å². The SMILES string of the molecule is O=C(O)CCCCCCNC(=O)CN1c2cccc3cccc(c23)S1(=O)=O. The Morgan fingerprint density at radius 1 is 1.00 bits per heavy atom. The van der Waals surface area contributed by atoms with Crippen molar-refractivity contribution in [3.05, 3.63) is 36.4 Å². The summed E-state index contributed by atoms with van der Waals surface area (Å²) in [5.74, 6) is -1.15. The highest BCUT2D eigenvalue weighted by atomic mass is 32.2. The Balaban J connectivity index is 1.56. The second-order valence-electron chi connectivity index (χ2n) is 6.55. The molecule has 0 fully saturated rings. The Morgan fingerprint density at radius 3 is 2.44 bits per heavy atom. The van der Waals surface area contributed by atoms with Crippen LogP contribution < -0.4 is 9.62 Å². The first kappa shape index (κ1) is 19.2. The maximum Gasteiger partial charge on any atom is 0.303 e. The predicted octanol–water partition coefficient (Wildman–Crippen LogP) is 2.50. The molecule has 0 radical (unpaired) electrons. The van der Waals surface area contributed by atoms with Crippen LogP contribution >= 0.6 is 0 Å². The fourth-order valence-electron chi connectivity index (χ4n) is 3.30. The number of carbonyl (C=O) groups excluding carboxylic acids is 1. The van der Waals surface area contributed by atoms with E-state index in [4.69, 9.17) is 5.11 Å². The Morgan fingerprint density at radius 2 is 1.70 bits per heavy atom. The van der Waals surface area contributed by atoms with Gasteiger partial charge in [0.15, 0.2) is 0 Å². The van der Waals surface area contributed by atoms with E-state index < -0.39 is 16.0 Å². The molecule has 0 saturated carbocycles. The summed E-state index contributed by atoms with van der Waals surface area (Å²) >= 11 is 0. The topological polar surface area (TPSA) is 104 Å². The molecule has 27 heavy (non-hydrogen) atoms. The number of amides is 1. The molecule has 144 valence electrons. The van der Waals surface area contributed by atoms with E-state index in [1.165, 1.54) is 0 Å². The van der Waals surface area contributed by atoms with Gasteiger partial charge in [-0.25, -0.2) is 8.42 Å². The van der Waals surface area contributed by atoms with E-state index >= 15 is 0 Å². The lowest BCUT2D eigenvalue weighted by molar-refractivity contribution is -0.137. The third-order valence-corrected chi connectivity index (χ3v) is 6.41. The lowest BCUT2D eigenvalue weighted by Gasteiger charge is -2.18. The van der Waals surface area contributed by atoms with E-state index in [0.717, 1.165) is 29.0 Å². The van der Waals surface area contributed by atoms with Gasteiger partial charge in [0, 0.05) is 18.4 Å².